The van der Waals surface area contributed by atoms with Crippen LogP contribution in [0.5, 0.6) is 11.5 Å². The number of hydrogen-bond acceptors (Lipinski definition) is 4. The molecule has 3 rings (SSSR count). The van der Waals surface area contributed by atoms with Crippen molar-refractivity contribution in [3.05, 3.63) is 23.8 Å². The van der Waals surface area contributed by atoms with Gasteiger partial charge in [0.2, 0.25) is 0 Å². The van der Waals surface area contributed by atoms with E-state index < -0.39 is 0 Å². The average Bonchev–Trinajstić information content (AvgIpc) is 3.04. The first kappa shape index (κ1) is 17.0. The van der Waals surface area contributed by atoms with Gasteiger partial charge in [0.1, 0.15) is 11.5 Å². The smallest absolute Gasteiger partial charge is 0.187 e. The third-order valence-corrected chi connectivity index (χ3v) is 6.70. The van der Waals surface area contributed by atoms with Crippen molar-refractivity contribution in [1.82, 2.24) is 5.01 Å². The lowest BCUT2D eigenvalue weighted by Crippen LogP contribution is -2.60. The number of rotatable bonds is 3. The zero-order valence-corrected chi connectivity index (χ0v) is 15.2. The molecule has 3 atom stereocenters. The van der Waals surface area contributed by atoms with E-state index in [1.54, 1.807) is 17.3 Å². The molecule has 0 spiro atoms. The summed E-state index contributed by atoms with van der Waals surface area (Å²) in [6, 6.07) is 4.41. The van der Waals surface area contributed by atoms with Crippen LogP contribution in [-0.4, -0.2) is 32.1 Å². The van der Waals surface area contributed by atoms with Crippen molar-refractivity contribution in [3.8, 4) is 11.5 Å². The van der Waals surface area contributed by atoms with Gasteiger partial charge in [-0.15, -0.1) is 0 Å². The monoisotopic (exact) mass is 347 g/mol. The number of nitrogens with two attached hydrogens (primary N) is 1. The van der Waals surface area contributed by atoms with Crippen LogP contribution < -0.4 is 5.73 Å². The van der Waals surface area contributed by atoms with Gasteiger partial charge in [0.05, 0.1) is 11.8 Å². The normalized spacial score (nSPS) is 30.8. The summed E-state index contributed by atoms with van der Waals surface area (Å²) in [7, 11) is 0. The minimum atomic E-state index is -0.245. The standard InChI is InChI=1S/C18H25N3O2S/c1-17(2)12-5-6-13(8-12)18(17,3)21(16(19)24)20-10-11-4-7-14(22)9-15(11)23/h4,7,9-10,12-13,22-23H,5-6,8H2,1-3H3,(H2,19,24)/b20-10+. The van der Waals surface area contributed by atoms with E-state index in [2.05, 4.69) is 25.9 Å². The fraction of sp³-hybridized carbons (Fsp3) is 0.556. The van der Waals surface area contributed by atoms with Crippen molar-refractivity contribution in [2.75, 3.05) is 0 Å². The minimum Gasteiger partial charge on any atom is -0.508 e. The minimum absolute atomic E-state index is 0.0112. The second-order valence-corrected chi connectivity index (χ2v) is 8.13. The number of phenols is 2. The van der Waals surface area contributed by atoms with Crippen LogP contribution in [-0.2, 0) is 0 Å². The van der Waals surface area contributed by atoms with Crippen molar-refractivity contribution in [1.29, 1.82) is 0 Å². The predicted octanol–water partition coefficient (Wildman–Crippen LogP) is 3.19. The number of fused-ring (bicyclic) bond motifs is 2. The van der Waals surface area contributed by atoms with Gasteiger partial charge in [0, 0.05) is 11.6 Å². The van der Waals surface area contributed by atoms with Crippen LogP contribution in [0, 0.1) is 17.3 Å². The largest absolute Gasteiger partial charge is 0.508 e. The van der Waals surface area contributed by atoms with Gasteiger partial charge < -0.3 is 15.9 Å². The summed E-state index contributed by atoms with van der Waals surface area (Å²) in [5, 5.41) is 25.9. The van der Waals surface area contributed by atoms with Crippen molar-refractivity contribution < 1.29 is 10.2 Å². The van der Waals surface area contributed by atoms with Crippen LogP contribution in [0.15, 0.2) is 23.3 Å². The Morgan fingerprint density at radius 2 is 1.96 bits per heavy atom. The van der Waals surface area contributed by atoms with E-state index in [0.717, 1.165) is 0 Å². The number of aromatic hydroxyl groups is 2. The third-order valence-electron chi connectivity index (χ3n) is 6.53. The van der Waals surface area contributed by atoms with Crippen molar-refractivity contribution in [3.63, 3.8) is 0 Å². The highest BCUT2D eigenvalue weighted by molar-refractivity contribution is 7.80. The molecule has 0 aromatic heterocycles. The number of nitrogens with zero attached hydrogens (tertiary/aromatic N) is 2. The number of benzene rings is 1. The Balaban J connectivity index is 1.96. The second kappa shape index (κ2) is 5.62. The zero-order valence-electron chi connectivity index (χ0n) is 14.4. The summed E-state index contributed by atoms with van der Waals surface area (Å²) in [5.41, 5.74) is 6.34. The molecule has 1 aromatic carbocycles. The van der Waals surface area contributed by atoms with Gasteiger partial charge in [-0.1, -0.05) is 13.8 Å². The molecule has 2 aliphatic carbocycles. The van der Waals surface area contributed by atoms with Gasteiger partial charge in [-0.2, -0.15) is 5.10 Å². The average molecular weight is 347 g/mol. The van der Waals surface area contributed by atoms with E-state index in [0.29, 0.717) is 17.4 Å². The highest BCUT2D eigenvalue weighted by Gasteiger charge is 2.63. The van der Waals surface area contributed by atoms with Gasteiger partial charge in [-0.25, -0.2) is 5.01 Å². The molecule has 4 N–H and O–H groups in total. The van der Waals surface area contributed by atoms with E-state index in [-0.39, 0.29) is 27.6 Å². The van der Waals surface area contributed by atoms with Crippen LogP contribution in [0.3, 0.4) is 0 Å². The molecule has 0 saturated heterocycles. The first-order chi connectivity index (χ1) is 11.2. The lowest BCUT2D eigenvalue weighted by atomic mass is 9.64. The van der Waals surface area contributed by atoms with Crippen LogP contribution in [0.1, 0.15) is 45.6 Å². The van der Waals surface area contributed by atoms with E-state index in [4.69, 9.17) is 18.0 Å². The molecule has 1 aromatic rings. The van der Waals surface area contributed by atoms with Crippen molar-refractivity contribution in [2.45, 2.75) is 45.6 Å². The molecule has 3 unspecified atom stereocenters. The zero-order chi connectivity index (χ0) is 17.7. The molecular weight excluding hydrogens is 322 g/mol. The van der Waals surface area contributed by atoms with Crippen LogP contribution >= 0.6 is 12.2 Å². The topological polar surface area (TPSA) is 82.1 Å². The van der Waals surface area contributed by atoms with Crippen molar-refractivity contribution >= 4 is 23.5 Å². The Labute approximate surface area is 148 Å². The molecule has 24 heavy (non-hydrogen) atoms. The quantitative estimate of drug-likeness (QED) is 0.444. The van der Waals surface area contributed by atoms with Crippen LogP contribution in [0.2, 0.25) is 0 Å². The summed E-state index contributed by atoms with van der Waals surface area (Å²) in [6.07, 6.45) is 5.16. The summed E-state index contributed by atoms with van der Waals surface area (Å²) >= 11 is 5.30. The Morgan fingerprint density at radius 1 is 1.29 bits per heavy atom. The first-order valence-corrected chi connectivity index (χ1v) is 8.74. The van der Waals surface area contributed by atoms with E-state index in [9.17, 15) is 10.2 Å². The summed E-state index contributed by atoms with van der Waals surface area (Å²) in [4.78, 5) is 0. The maximum absolute atomic E-state index is 9.95. The highest BCUT2D eigenvalue weighted by atomic mass is 32.1. The molecule has 0 radical (unpaired) electrons. The lowest BCUT2D eigenvalue weighted by Gasteiger charge is -2.52. The molecular formula is C18H25N3O2S. The first-order valence-electron chi connectivity index (χ1n) is 8.33. The molecule has 2 saturated carbocycles. The van der Waals surface area contributed by atoms with E-state index >= 15 is 0 Å². The number of hydrogen-bond donors (Lipinski definition) is 3. The van der Waals surface area contributed by atoms with E-state index in [1.165, 1.54) is 31.4 Å². The number of phenolic OH excluding ortho intramolecular Hbond substituents is 2. The molecule has 0 aliphatic heterocycles. The molecule has 2 fully saturated rings. The number of thiocarbonyl (C=S) groups is 1. The lowest BCUT2D eigenvalue weighted by molar-refractivity contribution is -0.00202. The van der Waals surface area contributed by atoms with Crippen LogP contribution in [0.4, 0.5) is 0 Å². The molecule has 130 valence electrons. The fourth-order valence-corrected chi connectivity index (χ4v) is 4.94. The summed E-state index contributed by atoms with van der Waals surface area (Å²) in [5.74, 6) is 1.14. The molecule has 0 heterocycles. The van der Waals surface area contributed by atoms with Gasteiger partial charge >= 0.3 is 0 Å². The van der Waals surface area contributed by atoms with Gasteiger partial charge in [0.15, 0.2) is 5.11 Å². The molecule has 0 amide bonds. The Bertz CT molecular complexity index is 704. The second-order valence-electron chi connectivity index (χ2n) is 7.71. The number of hydrazone groups is 1. The third kappa shape index (κ3) is 2.35. The maximum Gasteiger partial charge on any atom is 0.187 e. The summed E-state index contributed by atoms with van der Waals surface area (Å²) < 4.78 is 0. The Morgan fingerprint density at radius 3 is 2.50 bits per heavy atom. The molecule has 2 aliphatic rings. The molecule has 6 heteroatoms. The van der Waals surface area contributed by atoms with Crippen LogP contribution in [0.25, 0.3) is 0 Å². The predicted molar refractivity (Wildman–Crippen MR) is 99.0 cm³/mol. The van der Waals surface area contributed by atoms with Gasteiger partial charge in [-0.3, -0.25) is 0 Å². The van der Waals surface area contributed by atoms with Gasteiger partial charge in [-0.05, 0) is 67.8 Å². The summed E-state index contributed by atoms with van der Waals surface area (Å²) in [6.45, 7) is 6.75. The maximum atomic E-state index is 9.95. The highest BCUT2D eigenvalue weighted by Crippen LogP contribution is 2.63. The Kier molecular flexibility index (Phi) is 3.98. The van der Waals surface area contributed by atoms with Crippen molar-refractivity contribution in [2.24, 2.45) is 28.1 Å². The molecule has 5 nitrogen and oxygen atoms in total. The SMILES string of the molecule is CC1(C)C2CCC(C2)C1(C)N(/N=C/c1ccc(O)cc1O)C(N)=S. The Hall–Kier alpha value is -1.82. The fourth-order valence-electron chi connectivity index (χ4n) is 4.70. The van der Waals surface area contributed by atoms with Gasteiger partial charge in [0.25, 0.3) is 0 Å². The van der Waals surface area contributed by atoms with E-state index in [1.807, 2.05) is 0 Å². The molecule has 2 bridgehead atoms.